The zero-order chi connectivity index (χ0) is 20.9. The summed E-state index contributed by atoms with van der Waals surface area (Å²) in [7, 11) is 0. The Hall–Kier alpha value is -3.05. The highest BCUT2D eigenvalue weighted by atomic mass is 35.5. The molecule has 0 spiro atoms. The van der Waals surface area contributed by atoms with E-state index in [1.54, 1.807) is 6.20 Å². The van der Waals surface area contributed by atoms with Crippen LogP contribution in [0.4, 0.5) is 0 Å². The molecule has 0 saturated carbocycles. The summed E-state index contributed by atoms with van der Waals surface area (Å²) in [6.07, 6.45) is 6.23. The number of hydrogen-bond acceptors (Lipinski definition) is 4. The van der Waals surface area contributed by atoms with E-state index in [-0.39, 0.29) is 0 Å². The summed E-state index contributed by atoms with van der Waals surface area (Å²) in [5.41, 5.74) is 2.98. The van der Waals surface area contributed by atoms with Crippen LogP contribution >= 0.6 is 11.6 Å². The second-order valence-corrected chi connectivity index (χ2v) is 7.63. The molecule has 4 rings (SSSR count). The van der Waals surface area contributed by atoms with E-state index in [0.29, 0.717) is 17.6 Å². The topological polar surface area (TPSA) is 53.1 Å². The molecule has 0 unspecified atom stereocenters. The molecule has 0 atom stereocenters. The number of aryl methyl sites for hydroxylation is 3. The van der Waals surface area contributed by atoms with E-state index in [4.69, 9.17) is 25.7 Å². The Morgan fingerprint density at radius 2 is 1.83 bits per heavy atom. The van der Waals surface area contributed by atoms with Gasteiger partial charge in [-0.15, -0.1) is 0 Å². The van der Waals surface area contributed by atoms with Crippen LogP contribution in [-0.4, -0.2) is 21.1 Å². The minimum Gasteiger partial charge on any atom is -0.493 e. The highest BCUT2D eigenvalue weighted by molar-refractivity contribution is 6.30. The fourth-order valence-electron chi connectivity index (χ4n) is 3.31. The van der Waals surface area contributed by atoms with Crippen LogP contribution in [0.15, 0.2) is 65.3 Å². The number of ether oxygens (including phenoxy) is 1. The molecule has 0 saturated heterocycles. The lowest BCUT2D eigenvalue weighted by Crippen LogP contribution is -1.99. The normalized spacial score (nSPS) is 11.0. The van der Waals surface area contributed by atoms with Crippen molar-refractivity contribution in [3.05, 3.63) is 83.1 Å². The third kappa shape index (κ3) is 4.57. The van der Waals surface area contributed by atoms with Crippen LogP contribution in [0, 0.1) is 13.8 Å². The molecule has 154 valence electrons. The summed E-state index contributed by atoms with van der Waals surface area (Å²) in [5.74, 6) is 2.63. The summed E-state index contributed by atoms with van der Waals surface area (Å²) < 4.78 is 13.9. The number of halogens is 1. The quantitative estimate of drug-likeness (QED) is 0.318. The van der Waals surface area contributed by atoms with Gasteiger partial charge in [-0.2, -0.15) is 4.98 Å². The van der Waals surface area contributed by atoms with Crippen LogP contribution in [0.2, 0.25) is 5.02 Å². The van der Waals surface area contributed by atoms with Crippen LogP contribution in [0.5, 0.6) is 5.75 Å². The molecular weight excluding hydrogens is 398 g/mol. The smallest absolute Gasteiger partial charge is 0.307 e. The molecule has 0 N–H and O–H groups in total. The molecule has 0 aliphatic rings. The fraction of sp³-hybridized carbons (Fsp3) is 0.250. The molecule has 0 radical (unpaired) electrons. The molecule has 0 aliphatic carbocycles. The summed E-state index contributed by atoms with van der Waals surface area (Å²) in [6.45, 7) is 4.65. The molecule has 5 nitrogen and oxygen atoms in total. The van der Waals surface area contributed by atoms with Gasteiger partial charge >= 0.3 is 6.01 Å². The first kappa shape index (κ1) is 20.2. The second kappa shape index (κ2) is 9.18. The maximum Gasteiger partial charge on any atom is 0.307 e. The lowest BCUT2D eigenvalue weighted by Gasteiger charge is -2.08. The lowest BCUT2D eigenvalue weighted by molar-refractivity contribution is 0.303. The number of nitrogens with zero attached hydrogens (tertiary/aromatic N) is 3. The van der Waals surface area contributed by atoms with Gasteiger partial charge < -0.3 is 9.15 Å². The predicted molar refractivity (Wildman–Crippen MR) is 118 cm³/mol. The Morgan fingerprint density at radius 3 is 2.57 bits per heavy atom. The highest BCUT2D eigenvalue weighted by Crippen LogP contribution is 2.28. The van der Waals surface area contributed by atoms with E-state index in [2.05, 4.69) is 18.0 Å². The van der Waals surface area contributed by atoms with Crippen LogP contribution in [0.1, 0.15) is 30.0 Å². The Bertz CT molecular complexity index is 1120. The second-order valence-electron chi connectivity index (χ2n) is 7.19. The molecule has 2 aromatic carbocycles. The van der Waals surface area contributed by atoms with Crippen molar-refractivity contribution in [1.82, 2.24) is 14.5 Å². The van der Waals surface area contributed by atoms with Gasteiger partial charge in [-0.1, -0.05) is 41.9 Å². The van der Waals surface area contributed by atoms with Gasteiger partial charge in [0, 0.05) is 29.4 Å². The Balaban J connectivity index is 1.47. The first-order valence-electron chi connectivity index (χ1n) is 10.1. The van der Waals surface area contributed by atoms with Crippen LogP contribution in [0.3, 0.4) is 0 Å². The molecule has 0 fully saturated rings. The van der Waals surface area contributed by atoms with E-state index in [1.807, 2.05) is 60.2 Å². The maximum atomic E-state index is 6.15. The average Bonchev–Trinajstić information content (AvgIpc) is 3.36. The number of benzene rings is 2. The predicted octanol–water partition coefficient (Wildman–Crippen LogP) is 6.20. The van der Waals surface area contributed by atoms with Crippen molar-refractivity contribution in [2.45, 2.75) is 33.1 Å². The largest absolute Gasteiger partial charge is 0.493 e. The van der Waals surface area contributed by atoms with E-state index in [0.717, 1.165) is 53.4 Å². The first-order chi connectivity index (χ1) is 14.6. The molecule has 0 amide bonds. The summed E-state index contributed by atoms with van der Waals surface area (Å²) in [6, 6.07) is 16.3. The van der Waals surface area contributed by atoms with Gasteiger partial charge in [0.15, 0.2) is 0 Å². The Kier molecular flexibility index (Phi) is 6.19. The van der Waals surface area contributed by atoms with Crippen molar-refractivity contribution >= 4 is 11.6 Å². The molecule has 2 aromatic heterocycles. The van der Waals surface area contributed by atoms with Crippen LogP contribution in [-0.2, 0) is 6.42 Å². The van der Waals surface area contributed by atoms with E-state index >= 15 is 0 Å². The minimum atomic E-state index is 0.529. The Labute approximate surface area is 181 Å². The Morgan fingerprint density at radius 1 is 1.03 bits per heavy atom. The van der Waals surface area contributed by atoms with Gasteiger partial charge in [-0.05, 0) is 50.5 Å². The number of hydrogen-bond donors (Lipinski definition) is 0. The maximum absolute atomic E-state index is 6.15. The summed E-state index contributed by atoms with van der Waals surface area (Å²) >= 11 is 6.06. The van der Waals surface area contributed by atoms with Gasteiger partial charge in [0.05, 0.1) is 6.61 Å². The number of unbranched alkanes of at least 4 members (excludes halogenated alkanes) is 1. The SMILES string of the molecule is Cc1ccccc1OCCCCc1oc(-n2ccnc2C)nc1-c1ccc(Cl)cc1. The van der Waals surface area contributed by atoms with Gasteiger partial charge in [-0.25, -0.2) is 4.98 Å². The zero-order valence-corrected chi connectivity index (χ0v) is 17.9. The summed E-state index contributed by atoms with van der Waals surface area (Å²) in [5, 5.41) is 0.697. The fourth-order valence-corrected chi connectivity index (χ4v) is 3.44. The van der Waals surface area contributed by atoms with Crippen LogP contribution < -0.4 is 4.74 Å². The van der Waals surface area contributed by atoms with Crippen molar-refractivity contribution in [3.8, 4) is 23.0 Å². The van der Waals surface area contributed by atoms with Gasteiger partial charge in [-0.3, -0.25) is 4.57 Å². The molecular formula is C24H24ClN3O2. The summed E-state index contributed by atoms with van der Waals surface area (Å²) in [4.78, 5) is 9.02. The third-order valence-corrected chi connectivity index (χ3v) is 5.24. The monoisotopic (exact) mass is 421 g/mol. The minimum absolute atomic E-state index is 0.529. The average molecular weight is 422 g/mol. The number of imidazole rings is 1. The zero-order valence-electron chi connectivity index (χ0n) is 17.1. The molecule has 0 bridgehead atoms. The van der Waals surface area contributed by atoms with Crippen molar-refractivity contribution in [1.29, 1.82) is 0 Å². The number of aromatic nitrogens is 3. The molecule has 0 aliphatic heterocycles. The number of rotatable bonds is 8. The van der Waals surface area contributed by atoms with Gasteiger partial charge in [0.1, 0.15) is 23.0 Å². The molecule has 6 heteroatoms. The third-order valence-electron chi connectivity index (χ3n) is 4.98. The molecule has 2 heterocycles. The van der Waals surface area contributed by atoms with E-state index in [9.17, 15) is 0 Å². The number of para-hydroxylation sites is 1. The van der Waals surface area contributed by atoms with E-state index < -0.39 is 0 Å². The standard InChI is InChI=1S/C24H24ClN3O2/c1-17-7-3-4-8-21(17)29-16-6-5-9-22-23(19-10-12-20(25)13-11-19)27-24(30-22)28-15-14-26-18(28)2/h3-4,7-8,10-15H,5-6,9,16H2,1-2H3. The van der Waals surface area contributed by atoms with Crippen molar-refractivity contribution in [3.63, 3.8) is 0 Å². The molecule has 4 aromatic rings. The van der Waals surface area contributed by atoms with Gasteiger partial charge in [0.2, 0.25) is 0 Å². The number of oxazole rings is 1. The van der Waals surface area contributed by atoms with Crippen molar-refractivity contribution in [2.75, 3.05) is 6.61 Å². The first-order valence-corrected chi connectivity index (χ1v) is 10.4. The van der Waals surface area contributed by atoms with Crippen molar-refractivity contribution in [2.24, 2.45) is 0 Å². The lowest BCUT2D eigenvalue weighted by atomic mass is 10.1. The molecule has 30 heavy (non-hydrogen) atoms. The van der Waals surface area contributed by atoms with E-state index in [1.165, 1.54) is 0 Å². The van der Waals surface area contributed by atoms with Crippen LogP contribution in [0.25, 0.3) is 17.3 Å². The van der Waals surface area contributed by atoms with Gasteiger partial charge in [0.25, 0.3) is 0 Å². The highest BCUT2D eigenvalue weighted by Gasteiger charge is 2.17. The van der Waals surface area contributed by atoms with Crippen molar-refractivity contribution < 1.29 is 9.15 Å².